The minimum Gasteiger partial charge on any atom is -0.460 e. The van der Waals surface area contributed by atoms with E-state index in [-0.39, 0.29) is 11.5 Å². The molecule has 1 fully saturated rings. The third-order valence-corrected chi connectivity index (χ3v) is 4.05. The zero-order chi connectivity index (χ0) is 12.0. The van der Waals surface area contributed by atoms with E-state index in [4.69, 9.17) is 4.42 Å². The maximum atomic E-state index is 9.71. The van der Waals surface area contributed by atoms with E-state index >= 15 is 0 Å². The van der Waals surface area contributed by atoms with Gasteiger partial charge >= 0.3 is 0 Å². The first-order valence-electron chi connectivity index (χ1n) is 6.26. The third kappa shape index (κ3) is 1.67. The van der Waals surface area contributed by atoms with Crippen LogP contribution < -0.4 is 0 Å². The van der Waals surface area contributed by atoms with E-state index in [1.54, 1.807) is 0 Å². The van der Waals surface area contributed by atoms with Gasteiger partial charge in [0, 0.05) is 10.8 Å². The molecule has 1 aliphatic carbocycles. The molecule has 1 aromatic carbocycles. The second-order valence-corrected chi connectivity index (χ2v) is 5.56. The van der Waals surface area contributed by atoms with Crippen LogP contribution in [0.3, 0.4) is 0 Å². The van der Waals surface area contributed by atoms with Crippen molar-refractivity contribution in [2.45, 2.75) is 44.6 Å². The first-order chi connectivity index (χ1) is 8.08. The van der Waals surface area contributed by atoms with Crippen molar-refractivity contribution in [2.75, 3.05) is 0 Å². The number of fused-ring (bicyclic) bond motifs is 1. The Kier molecular flexibility index (Phi) is 2.30. The highest BCUT2D eigenvalue weighted by atomic mass is 16.3. The van der Waals surface area contributed by atoms with Crippen molar-refractivity contribution in [1.29, 1.82) is 0 Å². The first kappa shape index (κ1) is 10.8. The van der Waals surface area contributed by atoms with Gasteiger partial charge in [-0.1, -0.05) is 25.1 Å². The topological polar surface area (TPSA) is 33.4 Å². The fourth-order valence-corrected chi connectivity index (χ4v) is 2.94. The largest absolute Gasteiger partial charge is 0.460 e. The monoisotopic (exact) mass is 230 g/mol. The predicted molar refractivity (Wildman–Crippen MR) is 68.2 cm³/mol. The Labute approximate surface area is 101 Å². The number of aryl methyl sites for hydroxylation is 1. The molecule has 0 radical (unpaired) electrons. The van der Waals surface area contributed by atoms with Crippen molar-refractivity contribution in [3.8, 4) is 0 Å². The summed E-state index contributed by atoms with van der Waals surface area (Å²) in [4.78, 5) is 0. The number of para-hydroxylation sites is 1. The molecule has 2 nitrogen and oxygen atoms in total. The van der Waals surface area contributed by atoms with Crippen molar-refractivity contribution >= 4 is 11.0 Å². The lowest BCUT2D eigenvalue weighted by Gasteiger charge is -2.20. The van der Waals surface area contributed by atoms with E-state index in [1.165, 1.54) is 10.9 Å². The van der Waals surface area contributed by atoms with E-state index < -0.39 is 0 Å². The number of furan rings is 1. The van der Waals surface area contributed by atoms with Gasteiger partial charge in [-0.2, -0.15) is 0 Å². The summed E-state index contributed by atoms with van der Waals surface area (Å²) in [5.41, 5.74) is 2.17. The molecule has 0 aliphatic heterocycles. The standard InChI is InChI=1S/C15H18O2/c1-10-4-3-5-11-8-13(17-14(10)11)15(2)7-6-12(16)9-15/h3-5,8,12,16H,6-7,9H2,1-2H3. The Morgan fingerprint density at radius 3 is 2.88 bits per heavy atom. The first-order valence-corrected chi connectivity index (χ1v) is 6.26. The lowest BCUT2D eigenvalue weighted by molar-refractivity contribution is 0.172. The van der Waals surface area contributed by atoms with Gasteiger partial charge in [0.15, 0.2) is 0 Å². The minimum absolute atomic E-state index is 0.00484. The Bertz CT molecular complexity index is 555. The molecule has 2 atom stereocenters. The van der Waals surface area contributed by atoms with E-state index in [1.807, 2.05) is 0 Å². The van der Waals surface area contributed by atoms with Crippen LogP contribution in [0.15, 0.2) is 28.7 Å². The smallest absolute Gasteiger partial charge is 0.137 e. The molecule has 2 heteroatoms. The van der Waals surface area contributed by atoms with Gasteiger partial charge < -0.3 is 9.52 Å². The minimum atomic E-state index is -0.172. The maximum absolute atomic E-state index is 9.71. The van der Waals surface area contributed by atoms with E-state index in [9.17, 15) is 5.11 Å². The quantitative estimate of drug-likeness (QED) is 0.812. The van der Waals surface area contributed by atoms with Crippen molar-refractivity contribution in [3.63, 3.8) is 0 Å². The van der Waals surface area contributed by atoms with Crippen LogP contribution in [0.2, 0.25) is 0 Å². The van der Waals surface area contributed by atoms with Crippen molar-refractivity contribution in [2.24, 2.45) is 0 Å². The van der Waals surface area contributed by atoms with Crippen molar-refractivity contribution < 1.29 is 9.52 Å². The molecule has 0 saturated heterocycles. The van der Waals surface area contributed by atoms with Crippen LogP contribution in [0.4, 0.5) is 0 Å². The van der Waals surface area contributed by atoms with E-state index in [2.05, 4.69) is 38.1 Å². The van der Waals surface area contributed by atoms with Gasteiger partial charge in [-0.05, 0) is 37.8 Å². The SMILES string of the molecule is Cc1cccc2cc(C3(C)CCC(O)C3)oc12. The fraction of sp³-hybridized carbons (Fsp3) is 0.467. The number of hydrogen-bond acceptors (Lipinski definition) is 2. The molecule has 90 valence electrons. The van der Waals surface area contributed by atoms with Crippen LogP contribution in [0.25, 0.3) is 11.0 Å². The molecule has 1 saturated carbocycles. The average molecular weight is 230 g/mol. The van der Waals surface area contributed by atoms with Crippen LogP contribution >= 0.6 is 0 Å². The number of hydrogen-bond donors (Lipinski definition) is 1. The van der Waals surface area contributed by atoms with Gasteiger partial charge in [-0.15, -0.1) is 0 Å². The van der Waals surface area contributed by atoms with Crippen LogP contribution in [0.1, 0.15) is 37.5 Å². The third-order valence-electron chi connectivity index (χ3n) is 4.05. The lowest BCUT2D eigenvalue weighted by Crippen LogP contribution is -2.17. The number of benzene rings is 1. The molecule has 1 N–H and O–H groups in total. The van der Waals surface area contributed by atoms with Gasteiger partial charge in [-0.25, -0.2) is 0 Å². The average Bonchev–Trinajstić information content (AvgIpc) is 2.85. The molecule has 2 unspecified atom stereocenters. The van der Waals surface area contributed by atoms with Gasteiger partial charge in [-0.3, -0.25) is 0 Å². The summed E-state index contributed by atoms with van der Waals surface area (Å²) in [6.07, 6.45) is 2.53. The van der Waals surface area contributed by atoms with E-state index in [0.29, 0.717) is 0 Å². The van der Waals surface area contributed by atoms with Crippen molar-refractivity contribution in [3.05, 3.63) is 35.6 Å². The number of rotatable bonds is 1. The molecular formula is C15H18O2. The lowest BCUT2D eigenvalue weighted by atomic mass is 9.86. The highest BCUT2D eigenvalue weighted by Gasteiger charge is 2.38. The molecule has 1 aromatic heterocycles. The number of aliphatic hydroxyl groups excluding tert-OH is 1. The summed E-state index contributed by atoms with van der Waals surface area (Å²) in [7, 11) is 0. The van der Waals surface area contributed by atoms with Gasteiger partial charge in [0.1, 0.15) is 11.3 Å². The molecule has 1 heterocycles. The summed E-state index contributed by atoms with van der Waals surface area (Å²) in [5, 5.41) is 10.9. The number of aliphatic hydroxyl groups is 1. The highest BCUT2D eigenvalue weighted by molar-refractivity contribution is 5.81. The van der Waals surface area contributed by atoms with Gasteiger partial charge in [0.2, 0.25) is 0 Å². The summed E-state index contributed by atoms with van der Waals surface area (Å²) in [5.74, 6) is 1.03. The normalized spacial score (nSPS) is 29.0. The van der Waals surface area contributed by atoms with Crippen molar-refractivity contribution in [1.82, 2.24) is 0 Å². The molecule has 1 aliphatic rings. The Hall–Kier alpha value is -1.28. The predicted octanol–water partition coefficient (Wildman–Crippen LogP) is 3.54. The van der Waals surface area contributed by atoms with Gasteiger partial charge in [0.05, 0.1) is 6.10 Å². The summed E-state index contributed by atoms with van der Waals surface area (Å²) < 4.78 is 6.02. The molecule has 17 heavy (non-hydrogen) atoms. The molecule has 0 amide bonds. The molecular weight excluding hydrogens is 212 g/mol. The van der Waals surface area contributed by atoms with Crippen LogP contribution in [-0.4, -0.2) is 11.2 Å². The Morgan fingerprint density at radius 2 is 2.24 bits per heavy atom. The van der Waals surface area contributed by atoms with Crippen LogP contribution in [0.5, 0.6) is 0 Å². The second kappa shape index (κ2) is 3.61. The molecule has 2 aromatic rings. The zero-order valence-corrected chi connectivity index (χ0v) is 10.4. The second-order valence-electron chi connectivity index (χ2n) is 5.56. The van der Waals surface area contributed by atoms with E-state index in [0.717, 1.165) is 30.6 Å². The van der Waals surface area contributed by atoms with Crippen LogP contribution in [0, 0.1) is 6.92 Å². The maximum Gasteiger partial charge on any atom is 0.137 e. The fourth-order valence-electron chi connectivity index (χ4n) is 2.94. The molecule has 3 rings (SSSR count). The Morgan fingerprint density at radius 1 is 1.41 bits per heavy atom. The molecule has 0 spiro atoms. The van der Waals surface area contributed by atoms with Crippen LogP contribution in [-0.2, 0) is 5.41 Å². The summed E-state index contributed by atoms with van der Waals surface area (Å²) in [6, 6.07) is 8.36. The Balaban J connectivity index is 2.10. The molecule has 0 bridgehead atoms. The summed E-state index contributed by atoms with van der Waals surface area (Å²) in [6.45, 7) is 4.26. The highest BCUT2D eigenvalue weighted by Crippen LogP contribution is 2.42. The van der Waals surface area contributed by atoms with Gasteiger partial charge in [0.25, 0.3) is 0 Å². The summed E-state index contributed by atoms with van der Waals surface area (Å²) >= 11 is 0. The zero-order valence-electron chi connectivity index (χ0n) is 10.4.